The standard InChI is InChI=1S/C18H25FN2O2/c1-10-4-5-14(15(19)6-10)17(13-8-23-9-13)21-18(22)16-7-11(2)12(3)20-16/h4-6,11-13,16-17,20H,7-9H2,1-3H3,(H,21,22)/t11-,12-,16?,17-/m1/s1. The summed E-state index contributed by atoms with van der Waals surface area (Å²) in [5, 5.41) is 6.38. The van der Waals surface area contributed by atoms with Crippen LogP contribution < -0.4 is 10.6 Å². The van der Waals surface area contributed by atoms with Gasteiger partial charge in [-0.05, 0) is 37.8 Å². The van der Waals surface area contributed by atoms with E-state index in [2.05, 4.69) is 24.5 Å². The van der Waals surface area contributed by atoms with Crippen molar-refractivity contribution in [2.75, 3.05) is 13.2 Å². The summed E-state index contributed by atoms with van der Waals surface area (Å²) in [6, 6.07) is 4.98. The van der Waals surface area contributed by atoms with Crippen LogP contribution in [0.1, 0.15) is 37.4 Å². The van der Waals surface area contributed by atoms with E-state index < -0.39 is 0 Å². The number of carbonyl (C=O) groups is 1. The monoisotopic (exact) mass is 320 g/mol. The van der Waals surface area contributed by atoms with Gasteiger partial charge in [0.1, 0.15) is 5.82 Å². The fraction of sp³-hybridized carbons (Fsp3) is 0.611. The zero-order valence-electron chi connectivity index (χ0n) is 13.9. The molecule has 4 nitrogen and oxygen atoms in total. The van der Waals surface area contributed by atoms with E-state index in [4.69, 9.17) is 4.74 Å². The molecule has 1 aromatic carbocycles. The first-order valence-corrected chi connectivity index (χ1v) is 8.36. The molecule has 2 N–H and O–H groups in total. The average Bonchev–Trinajstić information content (AvgIpc) is 2.76. The van der Waals surface area contributed by atoms with Crippen LogP contribution in [-0.2, 0) is 9.53 Å². The first kappa shape index (κ1) is 16.4. The molecule has 1 unspecified atom stereocenters. The molecule has 5 heteroatoms. The SMILES string of the molecule is Cc1ccc([C@H](NC(=O)C2C[C@@H](C)[C@@H](C)N2)C2COC2)c(F)c1. The second-order valence-corrected chi connectivity index (χ2v) is 7.03. The van der Waals surface area contributed by atoms with Crippen LogP contribution in [-0.4, -0.2) is 31.2 Å². The molecule has 23 heavy (non-hydrogen) atoms. The molecule has 2 fully saturated rings. The number of rotatable bonds is 4. The Kier molecular flexibility index (Phi) is 4.69. The highest BCUT2D eigenvalue weighted by Gasteiger charge is 2.37. The van der Waals surface area contributed by atoms with Gasteiger partial charge in [-0.15, -0.1) is 0 Å². The lowest BCUT2D eigenvalue weighted by atomic mass is 9.90. The fourth-order valence-electron chi connectivity index (χ4n) is 3.34. The van der Waals surface area contributed by atoms with Crippen molar-refractivity contribution in [1.29, 1.82) is 0 Å². The number of amides is 1. The smallest absolute Gasteiger partial charge is 0.237 e. The van der Waals surface area contributed by atoms with Gasteiger partial charge in [0.25, 0.3) is 0 Å². The van der Waals surface area contributed by atoms with Crippen LogP contribution >= 0.6 is 0 Å². The maximum atomic E-state index is 14.4. The van der Waals surface area contributed by atoms with E-state index >= 15 is 0 Å². The van der Waals surface area contributed by atoms with Crippen molar-refractivity contribution in [3.63, 3.8) is 0 Å². The molecular weight excluding hydrogens is 295 g/mol. The number of halogens is 1. The first-order valence-electron chi connectivity index (χ1n) is 8.36. The summed E-state index contributed by atoms with van der Waals surface area (Å²) >= 11 is 0. The zero-order chi connectivity index (χ0) is 16.6. The Morgan fingerprint density at radius 2 is 2.13 bits per heavy atom. The van der Waals surface area contributed by atoms with Crippen LogP contribution in [0.2, 0.25) is 0 Å². The lowest BCUT2D eigenvalue weighted by molar-refractivity contribution is -0.126. The summed E-state index contributed by atoms with van der Waals surface area (Å²) in [4.78, 5) is 12.6. The highest BCUT2D eigenvalue weighted by molar-refractivity contribution is 5.82. The molecule has 126 valence electrons. The minimum Gasteiger partial charge on any atom is -0.381 e. The van der Waals surface area contributed by atoms with Crippen molar-refractivity contribution in [3.8, 4) is 0 Å². The van der Waals surface area contributed by atoms with E-state index in [1.165, 1.54) is 6.07 Å². The summed E-state index contributed by atoms with van der Waals surface area (Å²) in [6.45, 7) is 7.21. The predicted molar refractivity (Wildman–Crippen MR) is 86.5 cm³/mol. The molecule has 0 bridgehead atoms. The molecule has 3 rings (SSSR count). The van der Waals surface area contributed by atoms with E-state index in [-0.39, 0.29) is 29.7 Å². The molecule has 2 saturated heterocycles. The van der Waals surface area contributed by atoms with Gasteiger partial charge in [-0.25, -0.2) is 4.39 Å². The van der Waals surface area contributed by atoms with Crippen molar-refractivity contribution in [2.45, 2.75) is 45.3 Å². The number of hydrogen-bond acceptors (Lipinski definition) is 3. The molecular formula is C18H25FN2O2. The number of benzene rings is 1. The summed E-state index contributed by atoms with van der Waals surface area (Å²) in [5.74, 6) is 0.293. The average molecular weight is 320 g/mol. The third-order valence-corrected chi connectivity index (χ3v) is 5.17. The minimum atomic E-state index is -0.329. The van der Waals surface area contributed by atoms with E-state index in [9.17, 15) is 9.18 Å². The Morgan fingerprint density at radius 3 is 2.65 bits per heavy atom. The molecule has 4 atom stereocenters. The molecule has 1 aromatic rings. The van der Waals surface area contributed by atoms with Crippen LogP contribution in [0.3, 0.4) is 0 Å². The number of nitrogens with one attached hydrogen (secondary N) is 2. The quantitative estimate of drug-likeness (QED) is 0.895. The summed E-state index contributed by atoms with van der Waals surface area (Å²) in [6.07, 6.45) is 0.817. The normalized spacial score (nSPS) is 29.1. The Bertz CT molecular complexity index is 578. The maximum Gasteiger partial charge on any atom is 0.237 e. The Morgan fingerprint density at radius 1 is 1.39 bits per heavy atom. The second-order valence-electron chi connectivity index (χ2n) is 7.03. The number of aryl methyl sites for hydroxylation is 1. The molecule has 2 heterocycles. The van der Waals surface area contributed by atoms with Gasteiger partial charge >= 0.3 is 0 Å². The van der Waals surface area contributed by atoms with Gasteiger partial charge in [0, 0.05) is 17.5 Å². The van der Waals surface area contributed by atoms with Gasteiger partial charge in [-0.2, -0.15) is 0 Å². The third-order valence-electron chi connectivity index (χ3n) is 5.17. The van der Waals surface area contributed by atoms with Gasteiger partial charge in [-0.1, -0.05) is 19.1 Å². The molecule has 0 aromatic heterocycles. The van der Waals surface area contributed by atoms with Gasteiger partial charge in [0.05, 0.1) is 25.3 Å². The van der Waals surface area contributed by atoms with Gasteiger partial charge < -0.3 is 15.4 Å². The molecule has 0 spiro atoms. The second kappa shape index (κ2) is 6.57. The van der Waals surface area contributed by atoms with Crippen molar-refractivity contribution in [2.24, 2.45) is 11.8 Å². The molecule has 2 aliphatic heterocycles. The van der Waals surface area contributed by atoms with Crippen LogP contribution in [0.25, 0.3) is 0 Å². The lowest BCUT2D eigenvalue weighted by Gasteiger charge is -2.35. The van der Waals surface area contributed by atoms with Crippen molar-refractivity contribution >= 4 is 5.91 Å². The zero-order valence-corrected chi connectivity index (χ0v) is 13.9. The van der Waals surface area contributed by atoms with Crippen molar-refractivity contribution < 1.29 is 13.9 Å². The van der Waals surface area contributed by atoms with Crippen LogP contribution in [0.4, 0.5) is 4.39 Å². The van der Waals surface area contributed by atoms with E-state index in [1.54, 1.807) is 6.07 Å². The highest BCUT2D eigenvalue weighted by Crippen LogP contribution is 2.31. The molecule has 0 aliphatic carbocycles. The molecule has 0 radical (unpaired) electrons. The number of ether oxygens (including phenoxy) is 1. The van der Waals surface area contributed by atoms with Crippen molar-refractivity contribution in [3.05, 3.63) is 35.1 Å². The van der Waals surface area contributed by atoms with Crippen LogP contribution in [0.5, 0.6) is 0 Å². The highest BCUT2D eigenvalue weighted by atomic mass is 19.1. The maximum absolute atomic E-state index is 14.4. The van der Waals surface area contributed by atoms with Crippen LogP contribution in [0.15, 0.2) is 18.2 Å². The van der Waals surface area contributed by atoms with Gasteiger partial charge in [0.15, 0.2) is 0 Å². The topological polar surface area (TPSA) is 50.4 Å². The summed E-state index contributed by atoms with van der Waals surface area (Å²) in [5.41, 5.74) is 1.43. The van der Waals surface area contributed by atoms with Crippen LogP contribution in [0, 0.1) is 24.6 Å². The molecule has 1 amide bonds. The molecule has 2 aliphatic rings. The Balaban J connectivity index is 1.76. The van der Waals surface area contributed by atoms with Gasteiger partial charge in [0.2, 0.25) is 5.91 Å². The number of carbonyl (C=O) groups excluding carboxylic acids is 1. The largest absolute Gasteiger partial charge is 0.381 e. The Labute approximate surface area is 136 Å². The minimum absolute atomic E-state index is 0.0434. The van der Waals surface area contributed by atoms with Gasteiger partial charge in [-0.3, -0.25) is 4.79 Å². The summed E-state index contributed by atoms with van der Waals surface area (Å²) in [7, 11) is 0. The Hall–Kier alpha value is -1.46. The fourth-order valence-corrected chi connectivity index (χ4v) is 3.34. The predicted octanol–water partition coefficient (Wildman–Crippen LogP) is 2.32. The number of hydrogen-bond donors (Lipinski definition) is 2. The molecule has 0 saturated carbocycles. The van der Waals surface area contributed by atoms with E-state index in [0.717, 1.165) is 12.0 Å². The van der Waals surface area contributed by atoms with Crippen molar-refractivity contribution in [1.82, 2.24) is 10.6 Å². The summed E-state index contributed by atoms with van der Waals surface area (Å²) < 4.78 is 19.6. The third kappa shape index (κ3) is 3.40. The van der Waals surface area contributed by atoms with E-state index in [1.807, 2.05) is 13.0 Å². The first-order chi connectivity index (χ1) is 11.0. The van der Waals surface area contributed by atoms with E-state index in [0.29, 0.717) is 30.7 Å². The lowest BCUT2D eigenvalue weighted by Crippen LogP contribution is -2.48.